The number of thiazole rings is 1. The molecule has 2 heterocycles. The first-order valence-corrected chi connectivity index (χ1v) is 10.9. The summed E-state index contributed by atoms with van der Waals surface area (Å²) in [7, 11) is 4.87. The summed E-state index contributed by atoms with van der Waals surface area (Å²) in [6.45, 7) is 3.23. The molecule has 9 heteroatoms. The van der Waals surface area contributed by atoms with E-state index in [2.05, 4.69) is 10.2 Å². The average molecular weight is 443 g/mol. The van der Waals surface area contributed by atoms with Crippen molar-refractivity contribution >= 4 is 32.7 Å². The van der Waals surface area contributed by atoms with Gasteiger partial charge >= 0.3 is 6.03 Å². The Kier molecular flexibility index (Phi) is 6.31. The van der Waals surface area contributed by atoms with Gasteiger partial charge < -0.3 is 29.3 Å². The van der Waals surface area contributed by atoms with Crippen LogP contribution in [0.5, 0.6) is 17.2 Å². The van der Waals surface area contributed by atoms with Gasteiger partial charge in [-0.1, -0.05) is 17.4 Å². The summed E-state index contributed by atoms with van der Waals surface area (Å²) in [5.41, 5.74) is 1.92. The highest BCUT2D eigenvalue weighted by Gasteiger charge is 2.23. The van der Waals surface area contributed by atoms with E-state index in [-0.39, 0.29) is 6.03 Å². The molecule has 0 atom stereocenters. The molecule has 1 aromatic heterocycles. The first-order chi connectivity index (χ1) is 15.1. The van der Waals surface area contributed by atoms with Crippen LogP contribution in [0.3, 0.4) is 0 Å². The molecule has 1 aliphatic heterocycles. The summed E-state index contributed by atoms with van der Waals surface area (Å²) in [4.78, 5) is 21.4. The lowest BCUT2D eigenvalue weighted by atomic mass is 10.2. The molecule has 0 unspecified atom stereocenters. The number of piperazine rings is 1. The number of fused-ring (bicyclic) bond motifs is 1. The van der Waals surface area contributed by atoms with Crippen molar-refractivity contribution < 1.29 is 19.0 Å². The van der Waals surface area contributed by atoms with Gasteiger partial charge in [-0.3, -0.25) is 0 Å². The number of amides is 2. The number of nitrogens with zero attached hydrogens (tertiary/aromatic N) is 3. The second-order valence-electron chi connectivity index (χ2n) is 7.15. The highest BCUT2D eigenvalue weighted by molar-refractivity contribution is 7.22. The van der Waals surface area contributed by atoms with Gasteiger partial charge in [-0.15, -0.1) is 0 Å². The zero-order valence-electron chi connectivity index (χ0n) is 17.9. The van der Waals surface area contributed by atoms with Gasteiger partial charge in [0.15, 0.2) is 16.6 Å². The third-order valence-corrected chi connectivity index (χ3v) is 6.39. The molecule has 8 nitrogen and oxygen atoms in total. The number of ether oxygens (including phenoxy) is 3. The number of hydrogen-bond donors (Lipinski definition) is 1. The third-order valence-electron chi connectivity index (χ3n) is 5.31. The molecule has 0 saturated carbocycles. The summed E-state index contributed by atoms with van der Waals surface area (Å²) < 4.78 is 17.0. The number of carbonyl (C=O) groups is 1. The van der Waals surface area contributed by atoms with Gasteiger partial charge in [-0.25, -0.2) is 9.78 Å². The quantitative estimate of drug-likeness (QED) is 0.631. The van der Waals surface area contributed by atoms with Crippen molar-refractivity contribution in [3.8, 4) is 17.2 Å². The molecule has 3 aromatic rings. The molecule has 1 fully saturated rings. The summed E-state index contributed by atoms with van der Waals surface area (Å²) in [6.07, 6.45) is 0. The van der Waals surface area contributed by atoms with E-state index >= 15 is 0 Å². The molecular formula is C22H26N4O4S. The van der Waals surface area contributed by atoms with Crippen LogP contribution >= 0.6 is 11.3 Å². The molecule has 4 rings (SSSR count). The summed E-state index contributed by atoms with van der Waals surface area (Å²) in [5.74, 6) is 2.15. The lowest BCUT2D eigenvalue weighted by Gasteiger charge is -2.34. The van der Waals surface area contributed by atoms with Crippen molar-refractivity contribution in [2.45, 2.75) is 6.54 Å². The number of benzene rings is 2. The number of rotatable bonds is 6. The Hall–Kier alpha value is -3.20. The second kappa shape index (κ2) is 9.30. The molecule has 1 aliphatic rings. The molecule has 0 spiro atoms. The van der Waals surface area contributed by atoms with Crippen LogP contribution in [0.15, 0.2) is 36.4 Å². The number of hydrogen-bond acceptors (Lipinski definition) is 7. The molecule has 1 N–H and O–H groups in total. The largest absolute Gasteiger partial charge is 0.497 e. The standard InChI is InChI=1S/C22H26N4O4S/c1-28-16-5-6-17-20(13-16)31-22(24-17)26-10-8-25(9-11-26)21(27)23-14-15-4-7-18(29-2)19(12-15)30-3/h4-7,12-13H,8-11,14H2,1-3H3,(H,23,27). The number of urea groups is 1. The maximum Gasteiger partial charge on any atom is 0.317 e. The van der Waals surface area contributed by atoms with Gasteiger partial charge in [0.2, 0.25) is 0 Å². The van der Waals surface area contributed by atoms with Gasteiger partial charge in [0, 0.05) is 32.7 Å². The molecule has 0 aliphatic carbocycles. The molecule has 2 aromatic carbocycles. The van der Waals surface area contributed by atoms with Crippen molar-refractivity contribution in [3.05, 3.63) is 42.0 Å². The van der Waals surface area contributed by atoms with Gasteiger partial charge in [0.1, 0.15) is 5.75 Å². The Bertz CT molecular complexity index is 1060. The van der Waals surface area contributed by atoms with Crippen LogP contribution in [0.25, 0.3) is 10.2 Å². The van der Waals surface area contributed by atoms with E-state index < -0.39 is 0 Å². The predicted molar refractivity (Wildman–Crippen MR) is 122 cm³/mol. The van der Waals surface area contributed by atoms with Crippen LogP contribution in [0, 0.1) is 0 Å². The van der Waals surface area contributed by atoms with E-state index in [9.17, 15) is 4.79 Å². The zero-order chi connectivity index (χ0) is 21.8. The molecule has 31 heavy (non-hydrogen) atoms. The Morgan fingerprint density at radius 1 is 1.00 bits per heavy atom. The van der Waals surface area contributed by atoms with E-state index in [0.717, 1.165) is 39.8 Å². The molecule has 0 bridgehead atoms. The van der Waals surface area contributed by atoms with Crippen molar-refractivity contribution in [2.24, 2.45) is 0 Å². The fourth-order valence-corrected chi connectivity index (χ4v) is 4.58. The van der Waals surface area contributed by atoms with Crippen molar-refractivity contribution in [3.63, 3.8) is 0 Å². The molecule has 0 radical (unpaired) electrons. The van der Waals surface area contributed by atoms with Crippen molar-refractivity contribution in [2.75, 3.05) is 52.4 Å². The van der Waals surface area contributed by atoms with Crippen LogP contribution in [0.1, 0.15) is 5.56 Å². The average Bonchev–Trinajstić information content (AvgIpc) is 3.25. The lowest BCUT2D eigenvalue weighted by Crippen LogP contribution is -2.51. The monoisotopic (exact) mass is 442 g/mol. The Morgan fingerprint density at radius 3 is 2.48 bits per heavy atom. The summed E-state index contributed by atoms with van der Waals surface area (Å²) >= 11 is 1.65. The van der Waals surface area contributed by atoms with E-state index in [1.165, 1.54) is 0 Å². The fourth-order valence-electron chi connectivity index (χ4n) is 3.54. The Labute approximate surface area is 185 Å². The number of carbonyl (C=O) groups excluding carboxylic acids is 1. The normalized spacial score (nSPS) is 13.9. The number of nitrogens with one attached hydrogen (secondary N) is 1. The van der Waals surface area contributed by atoms with Crippen LogP contribution < -0.4 is 24.4 Å². The molecule has 2 amide bonds. The Morgan fingerprint density at radius 2 is 1.77 bits per heavy atom. The minimum Gasteiger partial charge on any atom is -0.497 e. The van der Waals surface area contributed by atoms with Crippen LogP contribution in [0.4, 0.5) is 9.93 Å². The van der Waals surface area contributed by atoms with Crippen molar-refractivity contribution in [1.29, 1.82) is 0 Å². The van der Waals surface area contributed by atoms with Crippen LogP contribution in [-0.4, -0.2) is 63.4 Å². The van der Waals surface area contributed by atoms with Crippen molar-refractivity contribution in [1.82, 2.24) is 15.2 Å². The van der Waals surface area contributed by atoms with Gasteiger partial charge in [-0.05, 0) is 35.9 Å². The van der Waals surface area contributed by atoms with E-state index in [1.807, 2.05) is 41.3 Å². The number of anilines is 1. The minimum absolute atomic E-state index is 0.0662. The first-order valence-electron chi connectivity index (χ1n) is 10.0. The maximum absolute atomic E-state index is 12.6. The third kappa shape index (κ3) is 4.61. The first kappa shape index (κ1) is 21.0. The second-order valence-corrected chi connectivity index (χ2v) is 8.16. The number of aromatic nitrogens is 1. The zero-order valence-corrected chi connectivity index (χ0v) is 18.7. The molecule has 1 saturated heterocycles. The van der Waals surface area contributed by atoms with Crippen LogP contribution in [0.2, 0.25) is 0 Å². The smallest absolute Gasteiger partial charge is 0.317 e. The lowest BCUT2D eigenvalue weighted by molar-refractivity contribution is 0.194. The van der Waals surface area contributed by atoms with E-state index in [0.29, 0.717) is 31.1 Å². The molecule has 164 valence electrons. The van der Waals surface area contributed by atoms with Gasteiger partial charge in [0.25, 0.3) is 0 Å². The van der Waals surface area contributed by atoms with Gasteiger partial charge in [0.05, 0.1) is 31.5 Å². The van der Waals surface area contributed by atoms with E-state index in [1.54, 1.807) is 32.7 Å². The number of methoxy groups -OCH3 is 3. The summed E-state index contributed by atoms with van der Waals surface area (Å²) in [6, 6.07) is 11.5. The fraction of sp³-hybridized carbons (Fsp3) is 0.364. The highest BCUT2D eigenvalue weighted by Crippen LogP contribution is 2.32. The predicted octanol–water partition coefficient (Wildman–Crippen LogP) is 3.35. The van der Waals surface area contributed by atoms with E-state index in [4.69, 9.17) is 19.2 Å². The molecular weight excluding hydrogens is 416 g/mol. The summed E-state index contributed by atoms with van der Waals surface area (Å²) in [5, 5.41) is 3.97. The Balaban J connectivity index is 1.32. The minimum atomic E-state index is -0.0662. The SMILES string of the molecule is COc1ccc2nc(N3CCN(C(=O)NCc4ccc(OC)c(OC)c4)CC3)sc2c1. The van der Waals surface area contributed by atoms with Gasteiger partial charge in [-0.2, -0.15) is 0 Å². The van der Waals surface area contributed by atoms with Crippen LogP contribution in [-0.2, 0) is 6.54 Å². The highest BCUT2D eigenvalue weighted by atomic mass is 32.1. The topological polar surface area (TPSA) is 76.2 Å². The maximum atomic E-state index is 12.6.